The van der Waals surface area contributed by atoms with E-state index in [0.717, 1.165) is 5.75 Å². The minimum Gasteiger partial charge on any atom is -0.481 e. The van der Waals surface area contributed by atoms with E-state index in [-0.39, 0.29) is 12.5 Å². The van der Waals surface area contributed by atoms with Crippen LogP contribution in [0.15, 0.2) is 0 Å². The molecule has 0 aromatic carbocycles. The third-order valence-electron chi connectivity index (χ3n) is 3.57. The predicted octanol–water partition coefficient (Wildman–Crippen LogP) is 1.55. The molecule has 2 N–H and O–H groups in total. The minimum atomic E-state index is -1.18. The number of nitrogens with zero attached hydrogens (tertiary/aromatic N) is 1. The van der Waals surface area contributed by atoms with E-state index in [1.807, 2.05) is 13.8 Å². The van der Waals surface area contributed by atoms with Gasteiger partial charge in [0.1, 0.15) is 0 Å². The van der Waals surface area contributed by atoms with Gasteiger partial charge < -0.3 is 10.0 Å². The zero-order valence-corrected chi connectivity index (χ0v) is 13.1. The van der Waals surface area contributed by atoms with Crippen LogP contribution in [-0.4, -0.2) is 51.5 Å². The van der Waals surface area contributed by atoms with Gasteiger partial charge in [-0.2, -0.15) is 11.8 Å². The van der Waals surface area contributed by atoms with E-state index in [9.17, 15) is 14.4 Å². The van der Waals surface area contributed by atoms with Crippen LogP contribution in [-0.2, 0) is 9.59 Å². The Kier molecular flexibility index (Phi) is 5.44. The number of urea groups is 1. The molecule has 0 radical (unpaired) electrons. The first kappa shape index (κ1) is 16.8. The Labute approximate surface area is 123 Å². The number of nitrogens with one attached hydrogen (secondary N) is 1. The number of aliphatic carboxylic acids is 1. The zero-order chi connectivity index (χ0) is 15.5. The number of carbonyl (C=O) groups excluding carboxylic acids is 2. The number of carboxylic acids is 1. The van der Waals surface area contributed by atoms with Gasteiger partial charge in [-0.25, -0.2) is 4.79 Å². The molecule has 1 heterocycles. The summed E-state index contributed by atoms with van der Waals surface area (Å²) in [5.41, 5.74) is -1.18. The molecular weight excluding hydrogens is 280 g/mol. The highest BCUT2D eigenvalue weighted by atomic mass is 32.2. The van der Waals surface area contributed by atoms with E-state index in [0.29, 0.717) is 11.8 Å². The first-order valence-corrected chi connectivity index (χ1v) is 7.65. The van der Waals surface area contributed by atoms with Gasteiger partial charge in [0.15, 0.2) is 0 Å². The second-order valence-electron chi connectivity index (χ2n) is 5.73. The molecule has 0 aromatic rings. The molecule has 3 amide bonds. The lowest BCUT2D eigenvalue weighted by molar-refractivity contribution is -0.149. The van der Waals surface area contributed by atoms with Gasteiger partial charge in [-0.3, -0.25) is 14.9 Å². The summed E-state index contributed by atoms with van der Waals surface area (Å²) in [5.74, 6) is -0.773. The van der Waals surface area contributed by atoms with Gasteiger partial charge in [-0.05, 0) is 20.8 Å². The highest BCUT2D eigenvalue weighted by Gasteiger charge is 2.33. The number of carboxylic acid groups (broad SMARTS) is 1. The van der Waals surface area contributed by atoms with Crippen molar-refractivity contribution < 1.29 is 19.5 Å². The van der Waals surface area contributed by atoms with E-state index in [2.05, 4.69) is 5.32 Å². The lowest BCUT2D eigenvalue weighted by atomic mass is 9.89. The van der Waals surface area contributed by atoms with Crippen LogP contribution in [0.3, 0.4) is 0 Å². The lowest BCUT2D eigenvalue weighted by Gasteiger charge is -2.37. The van der Waals surface area contributed by atoms with E-state index in [4.69, 9.17) is 5.11 Å². The third-order valence-corrected chi connectivity index (χ3v) is 4.91. The maximum absolute atomic E-state index is 12.1. The van der Waals surface area contributed by atoms with Crippen LogP contribution in [0, 0.1) is 5.41 Å². The Morgan fingerprint density at radius 1 is 1.35 bits per heavy atom. The van der Waals surface area contributed by atoms with Crippen molar-refractivity contribution in [3.8, 4) is 0 Å². The molecule has 0 aliphatic carbocycles. The van der Waals surface area contributed by atoms with Crippen LogP contribution in [0.5, 0.6) is 0 Å². The molecule has 1 fully saturated rings. The molecular formula is C13H22N2O4S. The SMILES string of the molecule is CC1SCCN(C(=O)NC(=O)CC(C)(C)C(=O)O)C1C. The lowest BCUT2D eigenvalue weighted by Crippen LogP contribution is -2.53. The molecule has 2 unspecified atom stereocenters. The molecule has 2 atom stereocenters. The van der Waals surface area contributed by atoms with Crippen LogP contribution >= 0.6 is 11.8 Å². The van der Waals surface area contributed by atoms with E-state index < -0.39 is 23.3 Å². The van der Waals surface area contributed by atoms with Crippen LogP contribution in [0.1, 0.15) is 34.1 Å². The van der Waals surface area contributed by atoms with Gasteiger partial charge in [-0.1, -0.05) is 6.92 Å². The van der Waals surface area contributed by atoms with Crippen LogP contribution in [0.4, 0.5) is 4.79 Å². The first-order chi connectivity index (χ1) is 9.15. The minimum absolute atomic E-state index is 0.0500. The van der Waals surface area contributed by atoms with Crippen molar-refractivity contribution in [3.63, 3.8) is 0 Å². The first-order valence-electron chi connectivity index (χ1n) is 6.60. The van der Waals surface area contributed by atoms with Gasteiger partial charge >= 0.3 is 12.0 Å². The number of amides is 3. The Bertz CT molecular complexity index is 411. The molecule has 0 spiro atoms. The average Bonchev–Trinajstić information content (AvgIpc) is 2.31. The third kappa shape index (κ3) is 4.13. The maximum Gasteiger partial charge on any atom is 0.324 e. The predicted molar refractivity (Wildman–Crippen MR) is 77.7 cm³/mol. The van der Waals surface area contributed by atoms with Crippen LogP contribution in [0.2, 0.25) is 0 Å². The molecule has 0 saturated carbocycles. The Balaban J connectivity index is 2.58. The van der Waals surface area contributed by atoms with Crippen molar-refractivity contribution in [3.05, 3.63) is 0 Å². The summed E-state index contributed by atoms with van der Waals surface area (Å²) in [6.45, 7) is 7.51. The summed E-state index contributed by atoms with van der Waals surface area (Å²) >= 11 is 1.80. The van der Waals surface area contributed by atoms with Crippen molar-refractivity contribution in [1.82, 2.24) is 10.2 Å². The summed E-state index contributed by atoms with van der Waals surface area (Å²) < 4.78 is 0. The summed E-state index contributed by atoms with van der Waals surface area (Å²) in [4.78, 5) is 36.4. The van der Waals surface area contributed by atoms with Crippen molar-refractivity contribution in [2.45, 2.75) is 45.4 Å². The summed E-state index contributed by atoms with van der Waals surface area (Å²) in [6, 6.07) is -0.384. The van der Waals surface area contributed by atoms with Crippen LogP contribution in [0.25, 0.3) is 0 Å². The largest absolute Gasteiger partial charge is 0.481 e. The molecule has 0 aromatic heterocycles. The number of imide groups is 1. The van der Waals surface area contributed by atoms with Crippen molar-refractivity contribution in [1.29, 1.82) is 0 Å². The summed E-state index contributed by atoms with van der Waals surface area (Å²) in [7, 11) is 0. The normalized spacial score (nSPS) is 23.3. The van der Waals surface area contributed by atoms with Gasteiger partial charge in [0.25, 0.3) is 0 Å². The second kappa shape index (κ2) is 6.47. The molecule has 114 valence electrons. The Morgan fingerprint density at radius 2 is 1.95 bits per heavy atom. The van der Waals surface area contributed by atoms with Gasteiger partial charge in [0.2, 0.25) is 5.91 Å². The van der Waals surface area contributed by atoms with Crippen molar-refractivity contribution >= 4 is 29.7 Å². The van der Waals surface area contributed by atoms with E-state index in [1.165, 1.54) is 13.8 Å². The molecule has 1 aliphatic heterocycles. The second-order valence-corrected chi connectivity index (χ2v) is 7.21. The number of rotatable bonds is 3. The fourth-order valence-electron chi connectivity index (χ4n) is 1.93. The Hall–Kier alpha value is -1.24. The van der Waals surface area contributed by atoms with E-state index >= 15 is 0 Å². The molecule has 1 aliphatic rings. The highest BCUT2D eigenvalue weighted by molar-refractivity contribution is 8.00. The monoisotopic (exact) mass is 302 g/mol. The fourth-order valence-corrected chi connectivity index (χ4v) is 3.03. The van der Waals surface area contributed by atoms with Crippen molar-refractivity contribution in [2.75, 3.05) is 12.3 Å². The fraction of sp³-hybridized carbons (Fsp3) is 0.769. The smallest absolute Gasteiger partial charge is 0.324 e. The van der Waals surface area contributed by atoms with Gasteiger partial charge in [0.05, 0.1) is 5.41 Å². The number of hydrogen-bond acceptors (Lipinski definition) is 4. The zero-order valence-electron chi connectivity index (χ0n) is 12.3. The van der Waals surface area contributed by atoms with Crippen LogP contribution < -0.4 is 5.32 Å². The average molecular weight is 302 g/mol. The number of thioether (sulfide) groups is 1. The highest BCUT2D eigenvalue weighted by Crippen LogP contribution is 2.24. The summed E-state index contributed by atoms with van der Waals surface area (Å²) in [6.07, 6.45) is -0.222. The molecule has 7 heteroatoms. The maximum atomic E-state index is 12.1. The molecule has 1 saturated heterocycles. The molecule has 20 heavy (non-hydrogen) atoms. The Morgan fingerprint density at radius 3 is 2.50 bits per heavy atom. The van der Waals surface area contributed by atoms with Gasteiger partial charge in [0, 0.05) is 30.0 Å². The topological polar surface area (TPSA) is 86.7 Å². The summed E-state index contributed by atoms with van der Waals surface area (Å²) in [5, 5.41) is 11.6. The molecule has 6 nitrogen and oxygen atoms in total. The quantitative estimate of drug-likeness (QED) is 0.826. The molecule has 0 bridgehead atoms. The number of hydrogen-bond donors (Lipinski definition) is 2. The van der Waals surface area contributed by atoms with Crippen molar-refractivity contribution in [2.24, 2.45) is 5.41 Å². The standard InChI is InChI=1S/C13H22N2O4S/c1-8-9(2)20-6-5-15(8)12(19)14-10(16)7-13(3,4)11(17)18/h8-9H,5-7H2,1-4H3,(H,17,18)(H,14,16,19). The molecule has 1 rings (SSSR count). The van der Waals surface area contributed by atoms with Gasteiger partial charge in [-0.15, -0.1) is 0 Å². The number of carbonyl (C=O) groups is 3. The van der Waals surface area contributed by atoms with E-state index in [1.54, 1.807) is 16.7 Å².